The Morgan fingerprint density at radius 3 is 1.23 bits per heavy atom. The van der Waals surface area contributed by atoms with Gasteiger partial charge in [-0.05, 0) is 130 Å². The zero-order chi connectivity index (χ0) is 49.3. The maximum absolute atomic E-state index is 14.2. The minimum atomic E-state index is -0.881. The average molecular weight is 910 g/mol. The Morgan fingerprint density at radius 2 is 0.891 bits per heavy atom. The molecule has 0 saturated carbocycles. The molecule has 1 aliphatic heterocycles. The van der Waals surface area contributed by atoms with Crippen molar-refractivity contribution in [3.05, 3.63) is 12.2 Å². The number of esters is 5. The molecule has 3 amide bonds. The first-order valence-corrected chi connectivity index (χ1v) is 22.2. The Kier molecular flexibility index (Phi) is 22.8. The van der Waals surface area contributed by atoms with Crippen LogP contribution in [0.5, 0.6) is 0 Å². The fraction of sp³-hybridized carbons (Fsp3) is 0.783. The van der Waals surface area contributed by atoms with E-state index in [0.717, 1.165) is 4.90 Å². The number of carbonyl (C=O) groups excluding carboxylic acids is 8. The van der Waals surface area contributed by atoms with Gasteiger partial charge in [0.25, 0.3) is 11.8 Å². The van der Waals surface area contributed by atoms with Gasteiger partial charge in [0.05, 0.1) is 26.2 Å². The van der Waals surface area contributed by atoms with Gasteiger partial charge in [-0.15, -0.1) is 0 Å². The highest BCUT2D eigenvalue weighted by Crippen LogP contribution is 2.18. The Hall–Kier alpha value is -4.42. The third-order valence-electron chi connectivity index (χ3n) is 8.53. The van der Waals surface area contributed by atoms with Crippen molar-refractivity contribution in [3.63, 3.8) is 0 Å². The molecule has 0 aliphatic carbocycles. The minimum Gasteiger partial charge on any atom is -0.459 e. The van der Waals surface area contributed by atoms with Gasteiger partial charge in [0.1, 0.15) is 34.0 Å². The second-order valence-electron chi connectivity index (χ2n) is 21.0. The molecule has 0 saturated heterocycles. The number of rotatable bonds is 25. The highest BCUT2D eigenvalue weighted by Gasteiger charge is 2.33. The van der Waals surface area contributed by atoms with Gasteiger partial charge in [0, 0.05) is 57.8 Å². The van der Waals surface area contributed by atoms with Crippen molar-refractivity contribution in [2.45, 2.75) is 170 Å². The molecule has 0 bridgehead atoms. The lowest BCUT2D eigenvalue weighted by molar-refractivity contribution is -0.164. The van der Waals surface area contributed by atoms with Crippen LogP contribution in [-0.2, 0) is 62.0 Å². The van der Waals surface area contributed by atoms with E-state index in [2.05, 4.69) is 5.32 Å². The second kappa shape index (κ2) is 25.3. The molecular formula is C46H79N5O13. The number of hydrogen-bond acceptors (Lipinski definition) is 16. The molecule has 0 aromatic heterocycles. The highest BCUT2D eigenvalue weighted by atomic mass is 16.6. The molecule has 0 unspecified atom stereocenters. The normalized spacial score (nSPS) is 14.2. The number of imide groups is 1. The third-order valence-corrected chi connectivity index (χ3v) is 8.53. The van der Waals surface area contributed by atoms with Gasteiger partial charge in [0.15, 0.2) is 0 Å². The first kappa shape index (κ1) is 57.6. The summed E-state index contributed by atoms with van der Waals surface area (Å²) in [7, 11) is 0. The van der Waals surface area contributed by atoms with Gasteiger partial charge >= 0.3 is 29.8 Å². The largest absolute Gasteiger partial charge is 0.459 e. The molecule has 0 radical (unpaired) electrons. The van der Waals surface area contributed by atoms with Gasteiger partial charge in [-0.2, -0.15) is 0 Å². The predicted molar refractivity (Wildman–Crippen MR) is 239 cm³/mol. The Morgan fingerprint density at radius 1 is 0.531 bits per heavy atom. The number of ether oxygens (including phenoxy) is 5. The van der Waals surface area contributed by atoms with Crippen LogP contribution in [0.25, 0.3) is 0 Å². The summed E-state index contributed by atoms with van der Waals surface area (Å²) < 4.78 is 28.3. The van der Waals surface area contributed by atoms with Crippen LogP contribution in [0.2, 0.25) is 0 Å². The van der Waals surface area contributed by atoms with Crippen molar-refractivity contribution in [2.75, 3.05) is 65.4 Å². The Balaban J connectivity index is 3.48. The van der Waals surface area contributed by atoms with Crippen molar-refractivity contribution < 1.29 is 62.0 Å². The molecule has 1 heterocycles. The van der Waals surface area contributed by atoms with Crippen LogP contribution >= 0.6 is 0 Å². The third kappa shape index (κ3) is 27.7. The molecule has 0 fully saturated rings. The van der Waals surface area contributed by atoms with Gasteiger partial charge in [-0.1, -0.05) is 0 Å². The van der Waals surface area contributed by atoms with E-state index in [1.807, 2.05) is 4.90 Å². The summed E-state index contributed by atoms with van der Waals surface area (Å²) >= 11 is 0. The predicted octanol–water partition coefficient (Wildman–Crippen LogP) is 3.96. The summed E-state index contributed by atoms with van der Waals surface area (Å²) in [5.41, 5.74) is -4.03. The zero-order valence-electron chi connectivity index (χ0n) is 41.4. The smallest absolute Gasteiger partial charge is 0.323 e. The SMILES string of the molecule is CC(C)(C)OC(=O)CN(CCN(CCN(CC(=O)OC(C)(C)C)CC(=O)OC(C)(C)C)[C@@H](CCCCNC(=O)CCCN1C(=O)C=CC1=O)C(=O)OC(C)(C)C)CC(=O)OC(C)(C)C. The summed E-state index contributed by atoms with van der Waals surface area (Å²) in [6.07, 6.45) is 4.02. The van der Waals surface area contributed by atoms with Crippen molar-refractivity contribution in [2.24, 2.45) is 0 Å². The van der Waals surface area contributed by atoms with Crippen LogP contribution < -0.4 is 5.32 Å². The van der Waals surface area contributed by atoms with Gasteiger partial charge in [-0.25, -0.2) is 0 Å². The lowest BCUT2D eigenvalue weighted by atomic mass is 10.1. The summed E-state index contributed by atoms with van der Waals surface area (Å²) in [5, 5.41) is 2.86. The van der Waals surface area contributed by atoms with E-state index in [1.54, 1.807) is 114 Å². The van der Waals surface area contributed by atoms with E-state index >= 15 is 0 Å². The van der Waals surface area contributed by atoms with E-state index in [1.165, 1.54) is 12.2 Å². The zero-order valence-corrected chi connectivity index (χ0v) is 41.4. The van der Waals surface area contributed by atoms with Gasteiger partial charge in [0.2, 0.25) is 5.91 Å². The van der Waals surface area contributed by atoms with E-state index in [0.29, 0.717) is 25.8 Å². The number of carbonyl (C=O) groups is 8. The maximum Gasteiger partial charge on any atom is 0.323 e. The molecule has 64 heavy (non-hydrogen) atoms. The van der Waals surface area contributed by atoms with Crippen LogP contribution in [0.15, 0.2) is 12.2 Å². The molecule has 1 aliphatic rings. The van der Waals surface area contributed by atoms with Crippen molar-refractivity contribution in [3.8, 4) is 0 Å². The van der Waals surface area contributed by atoms with E-state index in [9.17, 15) is 38.4 Å². The number of nitrogens with zero attached hydrogens (tertiary/aromatic N) is 4. The van der Waals surface area contributed by atoms with E-state index in [-0.39, 0.29) is 77.7 Å². The summed E-state index contributed by atoms with van der Waals surface area (Å²) in [5.74, 6) is -3.86. The van der Waals surface area contributed by atoms with Crippen LogP contribution in [0.3, 0.4) is 0 Å². The average Bonchev–Trinajstić information content (AvgIpc) is 3.38. The Bertz CT molecular complexity index is 1480. The molecule has 1 atom stereocenters. The van der Waals surface area contributed by atoms with Crippen LogP contribution in [-0.4, -0.2) is 167 Å². The highest BCUT2D eigenvalue weighted by molar-refractivity contribution is 6.12. The molecule has 18 nitrogen and oxygen atoms in total. The second-order valence-corrected chi connectivity index (χ2v) is 21.0. The van der Waals surface area contributed by atoms with Crippen molar-refractivity contribution >= 4 is 47.6 Å². The summed E-state index contributed by atoms with van der Waals surface area (Å²) in [6.45, 7) is 25.9. The van der Waals surface area contributed by atoms with Crippen LogP contribution in [0.4, 0.5) is 0 Å². The molecular weight excluding hydrogens is 831 g/mol. The molecule has 366 valence electrons. The molecule has 0 aromatic carbocycles. The van der Waals surface area contributed by atoms with Crippen molar-refractivity contribution in [1.29, 1.82) is 0 Å². The molecule has 0 aromatic rings. The monoisotopic (exact) mass is 910 g/mol. The number of hydrogen-bond donors (Lipinski definition) is 1. The fourth-order valence-electron chi connectivity index (χ4n) is 6.26. The Labute approximate surface area is 381 Å². The topological polar surface area (TPSA) is 208 Å². The number of unbranched alkanes of at least 4 members (excludes halogenated alkanes) is 1. The fourth-order valence-corrected chi connectivity index (χ4v) is 6.26. The van der Waals surface area contributed by atoms with E-state index in [4.69, 9.17) is 23.7 Å². The lowest BCUT2D eigenvalue weighted by Crippen LogP contribution is -2.51. The van der Waals surface area contributed by atoms with Gasteiger partial charge in [-0.3, -0.25) is 58.0 Å². The summed E-state index contributed by atoms with van der Waals surface area (Å²) in [6, 6.07) is -0.881. The first-order chi connectivity index (χ1) is 29.1. The molecule has 1 rings (SSSR count). The number of amides is 3. The molecule has 0 spiro atoms. The summed E-state index contributed by atoms with van der Waals surface area (Å²) in [4.78, 5) is 109. The minimum absolute atomic E-state index is 0.0939. The van der Waals surface area contributed by atoms with Gasteiger partial charge < -0.3 is 29.0 Å². The van der Waals surface area contributed by atoms with Crippen molar-refractivity contribution in [1.82, 2.24) is 24.9 Å². The molecule has 18 heteroatoms. The lowest BCUT2D eigenvalue weighted by Gasteiger charge is -2.35. The number of nitrogens with one attached hydrogen (secondary N) is 1. The first-order valence-electron chi connectivity index (χ1n) is 22.2. The maximum atomic E-state index is 14.2. The standard InChI is InChI=1S/C46H79N5O13/c1-42(2,3)60-37(55)29-48(30-38(56)61-43(4,5)6)25-27-50(28-26-49(31-39(57)62-44(7,8)9)32-40(58)63-45(10,11)12)33(41(59)64-46(13,14)15)19-16-17-23-47-34(52)20-18-24-51-35(53)21-22-36(51)54/h21-22,33H,16-20,23-32H2,1-15H3,(H,47,52)/t33-/m0/s1. The van der Waals surface area contributed by atoms with Crippen LogP contribution in [0, 0.1) is 0 Å². The quantitative estimate of drug-likeness (QED) is 0.0595. The van der Waals surface area contributed by atoms with E-state index < -0.39 is 75.7 Å². The van der Waals surface area contributed by atoms with Crippen LogP contribution in [0.1, 0.15) is 136 Å². The molecule has 1 N–H and O–H groups in total.